The highest BCUT2D eigenvalue weighted by molar-refractivity contribution is 5.95. The van der Waals surface area contributed by atoms with Gasteiger partial charge in [0.15, 0.2) is 5.96 Å². The normalized spacial score (nSPS) is 11.0. The van der Waals surface area contributed by atoms with Crippen LogP contribution in [-0.4, -0.2) is 30.1 Å². The number of hydrogen-bond acceptors (Lipinski definition) is 3. The number of aliphatic imine (C=N–C) groups is 1. The molecule has 0 radical (unpaired) electrons. The molecule has 0 aliphatic rings. The second-order valence-corrected chi connectivity index (χ2v) is 3.32. The molecule has 1 rings (SSSR count). The summed E-state index contributed by atoms with van der Waals surface area (Å²) in [6.45, 7) is 3.12. The predicted octanol–water partition coefficient (Wildman–Crippen LogP) is 0.258. The third-order valence-corrected chi connectivity index (χ3v) is 1.95. The molecule has 0 unspecified atom stereocenters. The molecule has 0 bridgehead atoms. The fraction of sp³-hybridized carbons (Fsp3) is 0.364. The zero-order valence-corrected chi connectivity index (χ0v) is 9.81. The largest absolute Gasteiger partial charge is 0.356 e. The van der Waals surface area contributed by atoms with E-state index in [1.54, 1.807) is 6.20 Å². The van der Waals surface area contributed by atoms with Crippen LogP contribution in [0, 0.1) is 0 Å². The van der Waals surface area contributed by atoms with Crippen LogP contribution in [0.2, 0.25) is 0 Å². The van der Waals surface area contributed by atoms with Gasteiger partial charge in [-0.1, -0.05) is 6.07 Å². The highest BCUT2D eigenvalue weighted by Gasteiger charge is 1.99. The van der Waals surface area contributed by atoms with Crippen molar-refractivity contribution in [1.82, 2.24) is 15.6 Å². The molecule has 6 heteroatoms. The van der Waals surface area contributed by atoms with Crippen molar-refractivity contribution in [2.45, 2.75) is 13.3 Å². The van der Waals surface area contributed by atoms with E-state index in [4.69, 9.17) is 5.73 Å². The molecule has 4 N–H and O–H groups in total. The van der Waals surface area contributed by atoms with Gasteiger partial charge in [0, 0.05) is 31.4 Å². The quantitative estimate of drug-likeness (QED) is 0.516. The Morgan fingerprint density at radius 3 is 2.94 bits per heavy atom. The fourth-order valence-electron chi connectivity index (χ4n) is 1.25. The summed E-state index contributed by atoms with van der Waals surface area (Å²) in [6.07, 6.45) is 2.46. The summed E-state index contributed by atoms with van der Waals surface area (Å²) in [4.78, 5) is 19.1. The second kappa shape index (κ2) is 7.21. The molecular formula is C11H17N5O. The Morgan fingerprint density at radius 1 is 1.53 bits per heavy atom. The van der Waals surface area contributed by atoms with Gasteiger partial charge in [0.2, 0.25) is 0 Å². The smallest absolute Gasteiger partial charge is 0.318 e. The minimum Gasteiger partial charge on any atom is -0.356 e. The molecule has 1 aromatic heterocycles. The van der Waals surface area contributed by atoms with Crippen molar-refractivity contribution in [3.8, 4) is 0 Å². The van der Waals surface area contributed by atoms with E-state index in [2.05, 4.69) is 20.6 Å². The number of nitrogens with two attached hydrogens (primary N) is 1. The molecule has 1 heterocycles. The SMILES string of the molecule is CCNC(=NCCc1ccccn1)NC(N)=O. The van der Waals surface area contributed by atoms with Gasteiger partial charge in [-0.25, -0.2) is 4.79 Å². The van der Waals surface area contributed by atoms with Crippen molar-refractivity contribution < 1.29 is 4.79 Å². The first kappa shape index (κ1) is 13.0. The maximum atomic E-state index is 10.7. The number of primary amides is 1. The average Bonchev–Trinajstić information content (AvgIpc) is 2.30. The number of hydrogen-bond donors (Lipinski definition) is 3. The summed E-state index contributed by atoms with van der Waals surface area (Å²) in [6, 6.07) is 5.11. The number of nitrogens with one attached hydrogen (secondary N) is 2. The standard InChI is InChI=1S/C11H17N5O/c1-2-13-11(16-10(12)17)15-8-6-9-5-3-4-7-14-9/h3-5,7H,2,6,8H2,1H3,(H4,12,13,15,16,17). The van der Waals surface area contributed by atoms with Crippen LogP contribution in [0.15, 0.2) is 29.4 Å². The number of pyridine rings is 1. The molecule has 0 aliphatic carbocycles. The molecule has 2 amide bonds. The van der Waals surface area contributed by atoms with E-state index >= 15 is 0 Å². The van der Waals surface area contributed by atoms with Crippen LogP contribution in [0.3, 0.4) is 0 Å². The minimum absolute atomic E-state index is 0.399. The highest BCUT2D eigenvalue weighted by Crippen LogP contribution is 1.94. The molecule has 92 valence electrons. The van der Waals surface area contributed by atoms with Gasteiger partial charge in [-0.15, -0.1) is 0 Å². The maximum absolute atomic E-state index is 10.7. The van der Waals surface area contributed by atoms with Gasteiger partial charge in [0.05, 0.1) is 0 Å². The number of guanidine groups is 1. The Bertz CT molecular complexity index is 377. The fourth-order valence-corrected chi connectivity index (χ4v) is 1.25. The minimum atomic E-state index is -0.623. The van der Waals surface area contributed by atoms with Crippen molar-refractivity contribution in [2.24, 2.45) is 10.7 Å². The Kier molecular flexibility index (Phi) is 5.50. The van der Waals surface area contributed by atoms with E-state index < -0.39 is 6.03 Å². The summed E-state index contributed by atoms with van der Waals surface area (Å²) in [5.74, 6) is 0.399. The first-order valence-electron chi connectivity index (χ1n) is 5.47. The van der Waals surface area contributed by atoms with Gasteiger partial charge in [-0.05, 0) is 19.1 Å². The number of aromatic nitrogens is 1. The van der Waals surface area contributed by atoms with E-state index in [1.165, 1.54) is 0 Å². The van der Waals surface area contributed by atoms with Gasteiger partial charge in [-0.3, -0.25) is 15.3 Å². The molecule has 0 saturated heterocycles. The van der Waals surface area contributed by atoms with Crippen LogP contribution in [0.5, 0.6) is 0 Å². The van der Waals surface area contributed by atoms with Gasteiger partial charge in [0.25, 0.3) is 0 Å². The van der Waals surface area contributed by atoms with Crippen LogP contribution in [-0.2, 0) is 6.42 Å². The van der Waals surface area contributed by atoms with E-state index in [-0.39, 0.29) is 0 Å². The van der Waals surface area contributed by atoms with Crippen LogP contribution in [0.1, 0.15) is 12.6 Å². The van der Waals surface area contributed by atoms with E-state index in [1.807, 2.05) is 25.1 Å². The highest BCUT2D eigenvalue weighted by atomic mass is 16.2. The molecule has 0 saturated carbocycles. The Hall–Kier alpha value is -2.11. The lowest BCUT2D eigenvalue weighted by Crippen LogP contribution is -2.43. The summed E-state index contributed by atoms with van der Waals surface area (Å²) < 4.78 is 0. The van der Waals surface area contributed by atoms with Gasteiger partial charge in [0.1, 0.15) is 0 Å². The van der Waals surface area contributed by atoms with Crippen molar-refractivity contribution in [2.75, 3.05) is 13.1 Å². The third kappa shape index (κ3) is 5.50. The molecule has 17 heavy (non-hydrogen) atoms. The lowest BCUT2D eigenvalue weighted by Gasteiger charge is -2.07. The van der Waals surface area contributed by atoms with Crippen LogP contribution >= 0.6 is 0 Å². The van der Waals surface area contributed by atoms with Crippen molar-refractivity contribution in [1.29, 1.82) is 0 Å². The summed E-state index contributed by atoms with van der Waals surface area (Å²) in [5.41, 5.74) is 5.99. The molecule has 0 atom stereocenters. The Labute approximate surface area is 100 Å². The first-order chi connectivity index (χ1) is 8.22. The number of nitrogens with zero attached hydrogens (tertiary/aromatic N) is 2. The van der Waals surface area contributed by atoms with E-state index in [9.17, 15) is 4.79 Å². The topological polar surface area (TPSA) is 92.4 Å². The molecular weight excluding hydrogens is 218 g/mol. The third-order valence-electron chi connectivity index (χ3n) is 1.95. The van der Waals surface area contributed by atoms with E-state index in [0.29, 0.717) is 19.0 Å². The number of urea groups is 1. The number of rotatable bonds is 4. The summed E-state index contributed by atoms with van der Waals surface area (Å²) in [7, 11) is 0. The van der Waals surface area contributed by atoms with E-state index in [0.717, 1.165) is 12.1 Å². The number of carbonyl (C=O) groups is 1. The zero-order valence-electron chi connectivity index (χ0n) is 9.81. The maximum Gasteiger partial charge on any atom is 0.318 e. The zero-order chi connectivity index (χ0) is 12.5. The average molecular weight is 235 g/mol. The van der Waals surface area contributed by atoms with Crippen molar-refractivity contribution >= 4 is 12.0 Å². The molecule has 6 nitrogen and oxygen atoms in total. The van der Waals surface area contributed by atoms with Crippen molar-refractivity contribution in [3.05, 3.63) is 30.1 Å². The van der Waals surface area contributed by atoms with Gasteiger partial charge in [-0.2, -0.15) is 0 Å². The lowest BCUT2D eigenvalue weighted by molar-refractivity contribution is 0.253. The van der Waals surface area contributed by atoms with Crippen molar-refractivity contribution in [3.63, 3.8) is 0 Å². The molecule has 0 fully saturated rings. The predicted molar refractivity (Wildman–Crippen MR) is 66.6 cm³/mol. The van der Waals surface area contributed by atoms with Gasteiger partial charge >= 0.3 is 6.03 Å². The molecule has 0 spiro atoms. The second-order valence-electron chi connectivity index (χ2n) is 3.32. The molecule has 1 aromatic rings. The number of carbonyl (C=O) groups excluding carboxylic acids is 1. The summed E-state index contributed by atoms with van der Waals surface area (Å²) >= 11 is 0. The van der Waals surface area contributed by atoms with Crippen LogP contribution < -0.4 is 16.4 Å². The van der Waals surface area contributed by atoms with Gasteiger partial charge < -0.3 is 11.1 Å². The van der Waals surface area contributed by atoms with Crippen LogP contribution in [0.25, 0.3) is 0 Å². The van der Waals surface area contributed by atoms with Crippen LogP contribution in [0.4, 0.5) is 4.79 Å². The number of amides is 2. The molecule has 0 aromatic carbocycles. The summed E-state index contributed by atoms with van der Waals surface area (Å²) in [5, 5.41) is 5.34. The Balaban J connectivity index is 2.46. The monoisotopic (exact) mass is 235 g/mol. The lowest BCUT2D eigenvalue weighted by atomic mass is 10.3. The molecule has 0 aliphatic heterocycles. The Morgan fingerprint density at radius 2 is 2.35 bits per heavy atom. The first-order valence-corrected chi connectivity index (χ1v) is 5.47.